The fourth-order valence-electron chi connectivity index (χ4n) is 1.32. The van der Waals surface area contributed by atoms with Crippen molar-refractivity contribution in [3.8, 4) is 0 Å². The molecule has 0 saturated heterocycles. The van der Waals surface area contributed by atoms with Crippen molar-refractivity contribution in [2.45, 2.75) is 19.4 Å². The molecular weight excluding hydrogens is 224 g/mol. The van der Waals surface area contributed by atoms with Gasteiger partial charge in [0.15, 0.2) is 0 Å². The van der Waals surface area contributed by atoms with E-state index in [0.29, 0.717) is 12.2 Å². The average Bonchev–Trinajstić information content (AvgIpc) is 2.53. The number of rotatable bonds is 5. The van der Waals surface area contributed by atoms with Gasteiger partial charge in [0, 0.05) is 13.1 Å². The van der Waals surface area contributed by atoms with E-state index in [1.807, 2.05) is 19.2 Å². The van der Waals surface area contributed by atoms with Crippen LogP contribution in [0.5, 0.6) is 0 Å². The molecule has 1 aromatic heterocycles. The van der Waals surface area contributed by atoms with Gasteiger partial charge in [0.1, 0.15) is 5.82 Å². The molecule has 1 heterocycles. The lowest BCUT2D eigenvalue weighted by Crippen LogP contribution is -2.36. The summed E-state index contributed by atoms with van der Waals surface area (Å²) in [7, 11) is 1.79. The van der Waals surface area contributed by atoms with Crippen LogP contribution in [-0.4, -0.2) is 33.7 Å². The molecular formula is C10H18N4OS. The van der Waals surface area contributed by atoms with Crippen LogP contribution in [0.25, 0.3) is 0 Å². The first-order valence-electron chi connectivity index (χ1n) is 5.10. The number of nitrogens with zero attached hydrogens (tertiary/aromatic N) is 2. The zero-order chi connectivity index (χ0) is 12.1. The van der Waals surface area contributed by atoms with Crippen LogP contribution in [0.1, 0.15) is 12.1 Å². The first-order valence-corrected chi connectivity index (χ1v) is 6.50. The smallest absolute Gasteiger partial charge is 0.242 e. The standard InChI is InChI=1S/C10H18N4OS/c1-7-6-9(14(2)13-7)12-10(15)8(11)4-5-16-3/h6,8H,4-5,11H2,1-3H3,(H,12,15)/t8-/m1/s1. The minimum atomic E-state index is -0.456. The molecule has 1 atom stereocenters. The van der Waals surface area contributed by atoms with Gasteiger partial charge in [-0.2, -0.15) is 16.9 Å². The van der Waals surface area contributed by atoms with E-state index in [2.05, 4.69) is 10.4 Å². The molecule has 0 unspecified atom stereocenters. The van der Waals surface area contributed by atoms with E-state index in [0.717, 1.165) is 11.4 Å². The molecule has 0 aromatic carbocycles. The molecule has 0 aliphatic heterocycles. The minimum Gasteiger partial charge on any atom is -0.320 e. The predicted molar refractivity (Wildman–Crippen MR) is 67.5 cm³/mol. The van der Waals surface area contributed by atoms with Gasteiger partial charge in [0.05, 0.1) is 11.7 Å². The number of amides is 1. The van der Waals surface area contributed by atoms with Gasteiger partial charge >= 0.3 is 0 Å². The number of thioether (sulfide) groups is 1. The molecule has 0 saturated carbocycles. The van der Waals surface area contributed by atoms with Gasteiger partial charge in [-0.25, -0.2) is 0 Å². The van der Waals surface area contributed by atoms with Gasteiger partial charge < -0.3 is 11.1 Å². The summed E-state index contributed by atoms with van der Waals surface area (Å²) in [6.07, 6.45) is 2.68. The molecule has 0 radical (unpaired) electrons. The van der Waals surface area contributed by atoms with Gasteiger partial charge in [-0.05, 0) is 25.4 Å². The number of hydrogen-bond acceptors (Lipinski definition) is 4. The zero-order valence-corrected chi connectivity index (χ0v) is 10.7. The number of aryl methyl sites for hydroxylation is 2. The lowest BCUT2D eigenvalue weighted by Gasteiger charge is -2.11. The van der Waals surface area contributed by atoms with Crippen molar-refractivity contribution in [3.63, 3.8) is 0 Å². The van der Waals surface area contributed by atoms with Crippen molar-refractivity contribution in [3.05, 3.63) is 11.8 Å². The molecule has 0 aliphatic rings. The maximum Gasteiger partial charge on any atom is 0.242 e. The highest BCUT2D eigenvalue weighted by atomic mass is 32.2. The highest BCUT2D eigenvalue weighted by Gasteiger charge is 2.14. The van der Waals surface area contributed by atoms with Crippen molar-refractivity contribution in [2.24, 2.45) is 12.8 Å². The monoisotopic (exact) mass is 242 g/mol. The maximum absolute atomic E-state index is 11.7. The Labute approximate surface area is 99.8 Å². The topological polar surface area (TPSA) is 72.9 Å². The van der Waals surface area contributed by atoms with E-state index in [1.165, 1.54) is 0 Å². The van der Waals surface area contributed by atoms with E-state index in [4.69, 9.17) is 5.73 Å². The first-order chi connectivity index (χ1) is 7.54. The number of carbonyl (C=O) groups is 1. The summed E-state index contributed by atoms with van der Waals surface area (Å²) in [4.78, 5) is 11.7. The van der Waals surface area contributed by atoms with Crippen LogP contribution in [0.3, 0.4) is 0 Å². The summed E-state index contributed by atoms with van der Waals surface area (Å²) in [5.74, 6) is 1.41. The summed E-state index contributed by atoms with van der Waals surface area (Å²) < 4.78 is 1.63. The highest BCUT2D eigenvalue weighted by Crippen LogP contribution is 2.09. The van der Waals surface area contributed by atoms with Crippen LogP contribution >= 0.6 is 11.8 Å². The number of hydrogen-bond donors (Lipinski definition) is 2. The fraction of sp³-hybridized carbons (Fsp3) is 0.600. The van der Waals surface area contributed by atoms with E-state index in [1.54, 1.807) is 23.5 Å². The van der Waals surface area contributed by atoms with Crippen LogP contribution in [0.15, 0.2) is 6.07 Å². The summed E-state index contributed by atoms with van der Waals surface area (Å²) in [6.45, 7) is 1.88. The molecule has 6 heteroatoms. The van der Waals surface area contributed by atoms with Crippen LogP contribution in [0.4, 0.5) is 5.82 Å². The van der Waals surface area contributed by atoms with E-state index < -0.39 is 6.04 Å². The third-order valence-electron chi connectivity index (χ3n) is 2.22. The van der Waals surface area contributed by atoms with Gasteiger partial charge in [0.25, 0.3) is 0 Å². The molecule has 0 fully saturated rings. The number of anilines is 1. The number of carbonyl (C=O) groups excluding carboxylic acids is 1. The molecule has 1 rings (SSSR count). The van der Waals surface area contributed by atoms with Crippen LogP contribution in [-0.2, 0) is 11.8 Å². The summed E-state index contributed by atoms with van der Waals surface area (Å²) in [5, 5.41) is 6.91. The van der Waals surface area contributed by atoms with Crippen molar-refractivity contribution < 1.29 is 4.79 Å². The largest absolute Gasteiger partial charge is 0.320 e. The lowest BCUT2D eigenvalue weighted by atomic mass is 10.2. The maximum atomic E-state index is 11.7. The van der Waals surface area contributed by atoms with E-state index in [-0.39, 0.29) is 5.91 Å². The number of aromatic nitrogens is 2. The highest BCUT2D eigenvalue weighted by molar-refractivity contribution is 7.98. The third-order valence-corrected chi connectivity index (χ3v) is 2.87. The van der Waals surface area contributed by atoms with Gasteiger partial charge in [0.2, 0.25) is 5.91 Å². The van der Waals surface area contributed by atoms with Crippen LogP contribution in [0.2, 0.25) is 0 Å². The Kier molecular flexibility index (Phi) is 4.82. The van der Waals surface area contributed by atoms with Gasteiger partial charge in [-0.3, -0.25) is 9.48 Å². The average molecular weight is 242 g/mol. The van der Waals surface area contributed by atoms with E-state index >= 15 is 0 Å². The Morgan fingerprint density at radius 2 is 2.44 bits per heavy atom. The molecule has 5 nitrogen and oxygen atoms in total. The molecule has 0 aliphatic carbocycles. The molecule has 1 amide bonds. The van der Waals surface area contributed by atoms with Crippen molar-refractivity contribution in [1.82, 2.24) is 9.78 Å². The quantitative estimate of drug-likeness (QED) is 0.799. The molecule has 0 spiro atoms. The Bertz CT molecular complexity index is 364. The fourth-order valence-corrected chi connectivity index (χ4v) is 1.81. The summed E-state index contributed by atoms with van der Waals surface area (Å²) in [5.41, 5.74) is 6.62. The van der Waals surface area contributed by atoms with Crippen molar-refractivity contribution in [2.75, 3.05) is 17.3 Å². The van der Waals surface area contributed by atoms with Crippen LogP contribution < -0.4 is 11.1 Å². The third kappa shape index (κ3) is 3.53. The SMILES string of the molecule is CSCC[C@@H](N)C(=O)Nc1cc(C)nn1C. The van der Waals surface area contributed by atoms with Crippen molar-refractivity contribution >= 4 is 23.5 Å². The zero-order valence-electron chi connectivity index (χ0n) is 9.86. The lowest BCUT2D eigenvalue weighted by molar-refractivity contribution is -0.117. The Balaban J connectivity index is 2.53. The molecule has 90 valence electrons. The Morgan fingerprint density at radius 3 is 2.94 bits per heavy atom. The van der Waals surface area contributed by atoms with E-state index in [9.17, 15) is 4.79 Å². The molecule has 16 heavy (non-hydrogen) atoms. The number of nitrogens with one attached hydrogen (secondary N) is 1. The summed E-state index contributed by atoms with van der Waals surface area (Å²) >= 11 is 1.68. The predicted octanol–water partition coefficient (Wildman–Crippen LogP) is 0.747. The second kappa shape index (κ2) is 5.91. The molecule has 1 aromatic rings. The van der Waals surface area contributed by atoms with Gasteiger partial charge in [-0.15, -0.1) is 0 Å². The van der Waals surface area contributed by atoms with Crippen LogP contribution in [0, 0.1) is 6.92 Å². The van der Waals surface area contributed by atoms with Crippen molar-refractivity contribution in [1.29, 1.82) is 0 Å². The Morgan fingerprint density at radius 1 is 1.75 bits per heavy atom. The van der Waals surface area contributed by atoms with Gasteiger partial charge in [-0.1, -0.05) is 0 Å². The number of nitrogens with two attached hydrogens (primary N) is 1. The summed E-state index contributed by atoms with van der Waals surface area (Å²) in [6, 6.07) is 1.36. The first kappa shape index (κ1) is 13.1. The minimum absolute atomic E-state index is 0.156. The Hall–Kier alpha value is -1.01. The normalized spacial score (nSPS) is 12.5. The molecule has 0 bridgehead atoms. The second-order valence-corrected chi connectivity index (χ2v) is 4.66. The molecule has 3 N–H and O–H groups in total. The second-order valence-electron chi connectivity index (χ2n) is 3.67.